The molecule has 2 aromatic rings. The number of halogens is 1. The lowest BCUT2D eigenvalue weighted by Gasteiger charge is -2.13. The molecule has 0 spiro atoms. The number of hydrogen-bond donors (Lipinski definition) is 1. The third-order valence-corrected chi connectivity index (χ3v) is 3.43. The van der Waals surface area contributed by atoms with Gasteiger partial charge in [-0.1, -0.05) is 11.6 Å². The Morgan fingerprint density at radius 2 is 2.16 bits per heavy atom. The van der Waals surface area contributed by atoms with E-state index in [9.17, 15) is 4.79 Å². The van der Waals surface area contributed by atoms with Crippen molar-refractivity contribution in [1.29, 1.82) is 0 Å². The number of rotatable bonds is 3. The molecule has 1 heterocycles. The summed E-state index contributed by atoms with van der Waals surface area (Å²) in [4.78, 5) is 15.4. The van der Waals surface area contributed by atoms with E-state index in [0.717, 1.165) is 10.9 Å². The van der Waals surface area contributed by atoms with E-state index in [-0.39, 0.29) is 0 Å². The summed E-state index contributed by atoms with van der Waals surface area (Å²) >= 11 is 6.15. The van der Waals surface area contributed by atoms with Crippen LogP contribution in [0.4, 0.5) is 0 Å². The van der Waals surface area contributed by atoms with Gasteiger partial charge in [-0.15, -0.1) is 0 Å². The maximum Gasteiger partial charge on any atom is 0.312 e. The summed E-state index contributed by atoms with van der Waals surface area (Å²) in [6.45, 7) is 3.49. The van der Waals surface area contributed by atoms with Gasteiger partial charge >= 0.3 is 5.97 Å². The molecule has 1 aromatic heterocycles. The number of methoxy groups -OCH3 is 1. The Morgan fingerprint density at radius 3 is 2.74 bits per heavy atom. The summed E-state index contributed by atoms with van der Waals surface area (Å²) in [5.41, 5.74) is 1.96. The molecule has 0 saturated heterocycles. The number of nitrogens with zero attached hydrogens (tertiary/aromatic N) is 1. The van der Waals surface area contributed by atoms with Gasteiger partial charge in [-0.2, -0.15) is 0 Å². The molecule has 5 heteroatoms. The highest BCUT2D eigenvalue weighted by Gasteiger charge is 2.18. The first-order valence-corrected chi connectivity index (χ1v) is 6.20. The van der Waals surface area contributed by atoms with Crippen LogP contribution < -0.4 is 4.74 Å². The third kappa shape index (κ3) is 2.36. The standard InChI is InChI=1S/C14H14ClNO3/c1-7-6-10(8(2)14(17)18)16-13-9(15)4-5-11(19-3)12(7)13/h4-6,8H,1-3H3,(H,17,18). The van der Waals surface area contributed by atoms with Crippen LogP contribution in [0.25, 0.3) is 10.9 Å². The molecule has 0 fully saturated rings. The van der Waals surface area contributed by atoms with Crippen LogP contribution in [0.1, 0.15) is 24.1 Å². The van der Waals surface area contributed by atoms with Gasteiger partial charge in [0.1, 0.15) is 5.75 Å². The highest BCUT2D eigenvalue weighted by Crippen LogP contribution is 2.34. The number of pyridine rings is 1. The zero-order chi connectivity index (χ0) is 14.2. The molecule has 0 radical (unpaired) electrons. The van der Waals surface area contributed by atoms with Crippen molar-refractivity contribution in [2.45, 2.75) is 19.8 Å². The van der Waals surface area contributed by atoms with Crippen molar-refractivity contribution in [3.8, 4) is 5.75 Å². The number of carboxylic acids is 1. The molecule has 0 saturated carbocycles. The van der Waals surface area contributed by atoms with E-state index in [2.05, 4.69) is 4.98 Å². The summed E-state index contributed by atoms with van der Waals surface area (Å²) in [6, 6.07) is 5.24. The van der Waals surface area contributed by atoms with Crippen LogP contribution >= 0.6 is 11.6 Å². The Balaban J connectivity index is 2.76. The molecule has 1 unspecified atom stereocenters. The summed E-state index contributed by atoms with van der Waals surface area (Å²) in [5, 5.41) is 10.4. The van der Waals surface area contributed by atoms with Gasteiger partial charge in [0.15, 0.2) is 0 Å². The number of hydrogen-bond acceptors (Lipinski definition) is 3. The first-order chi connectivity index (χ1) is 8.95. The van der Waals surface area contributed by atoms with E-state index in [1.807, 2.05) is 6.92 Å². The second-order valence-corrected chi connectivity index (χ2v) is 4.80. The zero-order valence-electron chi connectivity index (χ0n) is 10.9. The fourth-order valence-corrected chi connectivity index (χ4v) is 2.21. The Labute approximate surface area is 116 Å². The average molecular weight is 280 g/mol. The summed E-state index contributed by atoms with van der Waals surface area (Å²) < 4.78 is 5.30. The van der Waals surface area contributed by atoms with E-state index < -0.39 is 11.9 Å². The van der Waals surface area contributed by atoms with Crippen molar-refractivity contribution in [3.63, 3.8) is 0 Å². The average Bonchev–Trinajstić information content (AvgIpc) is 2.38. The van der Waals surface area contributed by atoms with Crippen LogP contribution in [0.15, 0.2) is 18.2 Å². The molecule has 2 rings (SSSR count). The fourth-order valence-electron chi connectivity index (χ4n) is 2.01. The van der Waals surface area contributed by atoms with Gasteiger partial charge in [-0.05, 0) is 37.6 Å². The minimum absolute atomic E-state index is 0.485. The van der Waals surface area contributed by atoms with Gasteiger partial charge < -0.3 is 9.84 Å². The lowest BCUT2D eigenvalue weighted by Crippen LogP contribution is -2.10. The van der Waals surface area contributed by atoms with Crippen molar-refractivity contribution in [1.82, 2.24) is 4.98 Å². The van der Waals surface area contributed by atoms with E-state index in [1.165, 1.54) is 0 Å². The first kappa shape index (κ1) is 13.6. The van der Waals surface area contributed by atoms with E-state index in [4.69, 9.17) is 21.4 Å². The molecule has 0 aliphatic heterocycles. The Morgan fingerprint density at radius 1 is 1.47 bits per heavy atom. The molecule has 1 N–H and O–H groups in total. The van der Waals surface area contributed by atoms with Gasteiger partial charge in [0, 0.05) is 5.39 Å². The minimum atomic E-state index is -0.912. The second kappa shape index (κ2) is 5.05. The lowest BCUT2D eigenvalue weighted by atomic mass is 10.0. The van der Waals surface area contributed by atoms with Crippen molar-refractivity contribution < 1.29 is 14.6 Å². The largest absolute Gasteiger partial charge is 0.496 e. The van der Waals surface area contributed by atoms with Gasteiger partial charge in [0.05, 0.1) is 29.3 Å². The number of ether oxygens (including phenoxy) is 1. The zero-order valence-corrected chi connectivity index (χ0v) is 11.7. The number of aryl methyl sites for hydroxylation is 1. The smallest absolute Gasteiger partial charge is 0.312 e. The number of benzene rings is 1. The number of carbonyl (C=O) groups is 1. The van der Waals surface area contributed by atoms with E-state index in [1.54, 1.807) is 32.2 Å². The minimum Gasteiger partial charge on any atom is -0.496 e. The van der Waals surface area contributed by atoms with Crippen LogP contribution in [0, 0.1) is 6.92 Å². The summed E-state index contributed by atoms with van der Waals surface area (Å²) in [7, 11) is 1.58. The van der Waals surface area contributed by atoms with Crippen LogP contribution in [0.2, 0.25) is 5.02 Å². The normalized spacial score (nSPS) is 12.4. The third-order valence-electron chi connectivity index (χ3n) is 3.12. The van der Waals surface area contributed by atoms with Gasteiger partial charge in [-0.3, -0.25) is 9.78 Å². The van der Waals surface area contributed by atoms with Gasteiger partial charge in [0.25, 0.3) is 0 Å². The quantitative estimate of drug-likeness (QED) is 0.935. The number of fused-ring (bicyclic) bond motifs is 1. The molecule has 100 valence electrons. The molecule has 4 nitrogen and oxygen atoms in total. The van der Waals surface area contributed by atoms with E-state index >= 15 is 0 Å². The summed E-state index contributed by atoms with van der Waals surface area (Å²) in [5.74, 6) is -0.908. The molecule has 0 aliphatic carbocycles. The molecule has 19 heavy (non-hydrogen) atoms. The number of aliphatic carboxylic acids is 1. The Kier molecular flexibility index (Phi) is 3.62. The lowest BCUT2D eigenvalue weighted by molar-refractivity contribution is -0.138. The van der Waals surface area contributed by atoms with Crippen molar-refractivity contribution >= 4 is 28.5 Å². The van der Waals surface area contributed by atoms with Gasteiger partial charge in [0.2, 0.25) is 0 Å². The molecule has 0 amide bonds. The predicted molar refractivity (Wildman–Crippen MR) is 74.1 cm³/mol. The molecular formula is C14H14ClNO3. The maximum absolute atomic E-state index is 11.1. The number of carboxylic acid groups (broad SMARTS) is 1. The highest BCUT2D eigenvalue weighted by atomic mass is 35.5. The molecule has 0 bridgehead atoms. The number of aromatic nitrogens is 1. The Hall–Kier alpha value is -1.81. The molecular weight excluding hydrogens is 266 g/mol. The Bertz CT molecular complexity index is 655. The van der Waals surface area contributed by atoms with Crippen LogP contribution in [0.3, 0.4) is 0 Å². The monoisotopic (exact) mass is 279 g/mol. The molecule has 1 atom stereocenters. The van der Waals surface area contributed by atoms with Crippen LogP contribution in [0.5, 0.6) is 5.75 Å². The highest BCUT2D eigenvalue weighted by molar-refractivity contribution is 6.35. The topological polar surface area (TPSA) is 59.4 Å². The molecule has 0 aliphatic rings. The van der Waals surface area contributed by atoms with Crippen molar-refractivity contribution in [3.05, 3.63) is 34.5 Å². The van der Waals surface area contributed by atoms with Gasteiger partial charge in [-0.25, -0.2) is 0 Å². The maximum atomic E-state index is 11.1. The first-order valence-electron chi connectivity index (χ1n) is 5.82. The SMILES string of the molecule is COc1ccc(Cl)c2nc(C(C)C(=O)O)cc(C)c12. The van der Waals surface area contributed by atoms with Crippen LogP contribution in [-0.2, 0) is 4.79 Å². The molecule has 1 aromatic carbocycles. The van der Waals surface area contributed by atoms with Crippen LogP contribution in [-0.4, -0.2) is 23.2 Å². The van der Waals surface area contributed by atoms with Crippen molar-refractivity contribution in [2.75, 3.05) is 7.11 Å². The summed E-state index contributed by atoms with van der Waals surface area (Å²) in [6.07, 6.45) is 0. The fraction of sp³-hybridized carbons (Fsp3) is 0.286. The second-order valence-electron chi connectivity index (χ2n) is 4.40. The predicted octanol–water partition coefficient (Wildman–Crippen LogP) is 3.39. The van der Waals surface area contributed by atoms with E-state index in [0.29, 0.717) is 22.0 Å². The van der Waals surface area contributed by atoms with Crippen molar-refractivity contribution in [2.24, 2.45) is 0 Å².